The van der Waals surface area contributed by atoms with Gasteiger partial charge in [-0.3, -0.25) is 0 Å². The van der Waals surface area contributed by atoms with Gasteiger partial charge in [0.2, 0.25) is 6.29 Å². The molecule has 4 rings (SSSR count). The fourth-order valence-corrected chi connectivity index (χ4v) is 4.41. The maximum Gasteiger partial charge on any atom is 0.491 e. The minimum absolute atomic E-state index is 0.0342. The average molecular weight is 522 g/mol. The molecule has 0 amide bonds. The van der Waals surface area contributed by atoms with E-state index in [1.165, 1.54) is 12.8 Å². The molecule has 1 unspecified atom stereocenters. The van der Waals surface area contributed by atoms with Crippen LogP contribution in [0.15, 0.2) is 36.4 Å². The highest BCUT2D eigenvalue weighted by Gasteiger charge is 2.42. The Hall–Kier alpha value is -3.31. The van der Waals surface area contributed by atoms with Gasteiger partial charge < -0.3 is 29.5 Å². The molecule has 8 nitrogen and oxygen atoms in total. The van der Waals surface area contributed by atoms with Crippen LogP contribution >= 0.6 is 0 Å². The minimum Gasteiger partial charge on any atom is -0.493 e. The summed E-state index contributed by atoms with van der Waals surface area (Å²) in [5.74, 6) is -1.34. The fourth-order valence-electron chi connectivity index (χ4n) is 4.41. The van der Waals surface area contributed by atoms with Gasteiger partial charge in [0.05, 0.1) is 30.4 Å². The summed E-state index contributed by atoms with van der Waals surface area (Å²) in [6, 6.07) is 11.0. The Morgan fingerprint density at radius 2 is 1.89 bits per heavy atom. The lowest BCUT2D eigenvalue weighted by Gasteiger charge is -2.18. The van der Waals surface area contributed by atoms with Crippen molar-refractivity contribution in [3.63, 3.8) is 0 Å². The van der Waals surface area contributed by atoms with Gasteiger partial charge >= 0.3 is 12.1 Å². The first-order valence-corrected chi connectivity index (χ1v) is 12.2. The number of alkyl halides is 3. The molecule has 2 N–H and O–H groups in total. The third-order valence-corrected chi connectivity index (χ3v) is 6.21. The summed E-state index contributed by atoms with van der Waals surface area (Å²) in [6.45, 7) is 3.82. The molecule has 0 radical (unpaired) electrons. The number of ether oxygens (including phenoxy) is 3. The SMILES string of the molecule is COc1cc2c(NCCC(O)OC(=O)C(F)(F)F)c3ccccc3nc2cc1OCCCN1CCCC1. The van der Waals surface area contributed by atoms with Gasteiger partial charge in [0.25, 0.3) is 0 Å². The number of esters is 1. The van der Waals surface area contributed by atoms with Gasteiger partial charge in [0.15, 0.2) is 11.5 Å². The smallest absolute Gasteiger partial charge is 0.491 e. The van der Waals surface area contributed by atoms with Crippen LogP contribution < -0.4 is 14.8 Å². The number of hydrogen-bond acceptors (Lipinski definition) is 8. The summed E-state index contributed by atoms with van der Waals surface area (Å²) in [4.78, 5) is 18.1. The number of nitrogens with one attached hydrogen (secondary N) is 1. The number of hydrogen-bond donors (Lipinski definition) is 2. The van der Waals surface area contributed by atoms with E-state index in [4.69, 9.17) is 14.5 Å². The number of para-hydroxylation sites is 1. The van der Waals surface area contributed by atoms with Crippen molar-refractivity contribution in [1.29, 1.82) is 0 Å². The number of rotatable bonds is 11. The molecular weight excluding hydrogens is 491 g/mol. The van der Waals surface area contributed by atoms with Crippen molar-refractivity contribution in [3.05, 3.63) is 36.4 Å². The Balaban J connectivity index is 1.52. The van der Waals surface area contributed by atoms with Crippen molar-refractivity contribution in [1.82, 2.24) is 9.88 Å². The molecule has 200 valence electrons. The summed E-state index contributed by atoms with van der Waals surface area (Å²) in [5.41, 5.74) is 2.00. The maximum absolute atomic E-state index is 12.4. The predicted octanol–water partition coefficient (Wildman–Crippen LogP) is 4.49. The van der Waals surface area contributed by atoms with Gasteiger partial charge in [-0.15, -0.1) is 0 Å². The molecule has 2 heterocycles. The number of carbonyl (C=O) groups excluding carboxylic acids is 1. The Morgan fingerprint density at radius 3 is 2.62 bits per heavy atom. The summed E-state index contributed by atoms with van der Waals surface area (Å²) >= 11 is 0. The number of anilines is 1. The van der Waals surface area contributed by atoms with Crippen LogP contribution in [0.25, 0.3) is 21.8 Å². The number of aliphatic hydroxyl groups excluding tert-OH is 1. The quantitative estimate of drug-likeness (QED) is 0.165. The lowest BCUT2D eigenvalue weighted by atomic mass is 10.1. The van der Waals surface area contributed by atoms with E-state index < -0.39 is 18.4 Å². The third-order valence-electron chi connectivity index (χ3n) is 6.21. The first-order chi connectivity index (χ1) is 17.8. The number of aromatic nitrogens is 1. The second kappa shape index (κ2) is 11.8. The van der Waals surface area contributed by atoms with E-state index in [2.05, 4.69) is 15.0 Å². The average Bonchev–Trinajstić information content (AvgIpc) is 3.39. The number of pyridine rings is 1. The number of nitrogens with zero attached hydrogens (tertiary/aromatic N) is 2. The molecule has 0 saturated carbocycles. The van der Waals surface area contributed by atoms with Crippen LogP contribution in [0.5, 0.6) is 11.5 Å². The first kappa shape index (κ1) is 26.7. The Kier molecular flexibility index (Phi) is 8.55. The monoisotopic (exact) mass is 521 g/mol. The second-order valence-corrected chi connectivity index (χ2v) is 8.85. The normalized spacial score (nSPS) is 15.2. The summed E-state index contributed by atoms with van der Waals surface area (Å²) in [7, 11) is 1.55. The molecule has 1 fully saturated rings. The van der Waals surface area contributed by atoms with Gasteiger partial charge in [-0.05, 0) is 44.5 Å². The van der Waals surface area contributed by atoms with Crippen LogP contribution in [0.3, 0.4) is 0 Å². The van der Waals surface area contributed by atoms with Crippen LogP contribution in [0.2, 0.25) is 0 Å². The van der Waals surface area contributed by atoms with Crippen molar-refractivity contribution in [3.8, 4) is 11.5 Å². The maximum atomic E-state index is 12.4. The lowest BCUT2D eigenvalue weighted by Crippen LogP contribution is -2.31. The van der Waals surface area contributed by atoms with Crippen LogP contribution in [0.1, 0.15) is 25.7 Å². The van der Waals surface area contributed by atoms with Crippen molar-refractivity contribution >= 4 is 33.5 Å². The molecule has 3 aromatic rings. The number of benzene rings is 2. The zero-order chi connectivity index (χ0) is 26.4. The highest BCUT2D eigenvalue weighted by Crippen LogP contribution is 2.38. The molecular formula is C26H30F3N3O5. The molecule has 11 heteroatoms. The summed E-state index contributed by atoms with van der Waals surface area (Å²) in [5, 5.41) is 14.4. The summed E-state index contributed by atoms with van der Waals surface area (Å²) < 4.78 is 52.8. The van der Waals surface area contributed by atoms with Gasteiger partial charge in [-0.1, -0.05) is 18.2 Å². The number of carbonyl (C=O) groups is 1. The van der Waals surface area contributed by atoms with Crippen molar-refractivity contribution in [2.45, 2.75) is 38.1 Å². The Labute approximate surface area is 212 Å². The first-order valence-electron chi connectivity index (χ1n) is 12.2. The molecule has 2 aromatic carbocycles. The van der Waals surface area contributed by atoms with Crippen molar-refractivity contribution < 1.29 is 37.3 Å². The predicted molar refractivity (Wildman–Crippen MR) is 133 cm³/mol. The largest absolute Gasteiger partial charge is 0.493 e. The molecule has 1 aliphatic heterocycles. The molecule has 1 saturated heterocycles. The van der Waals surface area contributed by atoms with Crippen molar-refractivity contribution in [2.75, 3.05) is 45.2 Å². The van der Waals surface area contributed by atoms with Crippen LogP contribution in [0.4, 0.5) is 18.9 Å². The lowest BCUT2D eigenvalue weighted by molar-refractivity contribution is -0.219. The Bertz CT molecular complexity index is 1230. The van der Waals surface area contributed by atoms with E-state index >= 15 is 0 Å². The van der Waals surface area contributed by atoms with Crippen LogP contribution in [-0.2, 0) is 9.53 Å². The van der Waals surface area contributed by atoms with E-state index in [9.17, 15) is 23.1 Å². The van der Waals surface area contributed by atoms with Gasteiger partial charge in [0, 0.05) is 36.3 Å². The van der Waals surface area contributed by atoms with Crippen LogP contribution in [-0.4, -0.2) is 73.3 Å². The molecule has 0 aliphatic carbocycles. The minimum atomic E-state index is -5.17. The molecule has 1 aliphatic rings. The highest BCUT2D eigenvalue weighted by molar-refractivity contribution is 6.08. The zero-order valence-corrected chi connectivity index (χ0v) is 20.5. The second-order valence-electron chi connectivity index (χ2n) is 8.85. The van der Waals surface area contributed by atoms with E-state index in [1.807, 2.05) is 30.3 Å². The zero-order valence-electron chi connectivity index (χ0n) is 20.5. The number of fused-ring (bicyclic) bond motifs is 2. The van der Waals surface area contributed by atoms with E-state index in [0.717, 1.165) is 31.4 Å². The van der Waals surface area contributed by atoms with E-state index in [-0.39, 0.29) is 13.0 Å². The van der Waals surface area contributed by atoms with Crippen molar-refractivity contribution in [2.24, 2.45) is 0 Å². The van der Waals surface area contributed by atoms with Gasteiger partial charge in [-0.25, -0.2) is 9.78 Å². The summed E-state index contributed by atoms with van der Waals surface area (Å²) in [6.07, 6.45) is -3.96. The molecule has 1 atom stereocenters. The van der Waals surface area contributed by atoms with E-state index in [0.29, 0.717) is 40.2 Å². The van der Waals surface area contributed by atoms with E-state index in [1.54, 1.807) is 13.2 Å². The fraction of sp³-hybridized carbons (Fsp3) is 0.462. The topological polar surface area (TPSA) is 93.1 Å². The number of likely N-dealkylation sites (tertiary alicyclic amines) is 1. The standard InChI is InChI=1S/C26H30F3N3O5/c1-35-21-15-18-20(16-22(21)36-14-6-13-32-11-4-5-12-32)31-19-8-3-2-7-17(19)24(18)30-10-9-23(33)37-25(34)26(27,28)29/h2-3,7-8,15-16,23,33H,4-6,9-14H2,1H3,(H,30,31). The van der Waals surface area contributed by atoms with Crippen LogP contribution in [0, 0.1) is 0 Å². The molecule has 0 bridgehead atoms. The Morgan fingerprint density at radius 1 is 1.14 bits per heavy atom. The number of methoxy groups -OCH3 is 1. The molecule has 0 spiro atoms. The molecule has 37 heavy (non-hydrogen) atoms. The highest BCUT2D eigenvalue weighted by atomic mass is 19.4. The van der Waals surface area contributed by atoms with Gasteiger partial charge in [0.1, 0.15) is 0 Å². The number of halogens is 3. The number of aliphatic hydroxyl groups is 1. The third kappa shape index (κ3) is 6.72. The van der Waals surface area contributed by atoms with Gasteiger partial charge in [-0.2, -0.15) is 13.2 Å². The molecule has 1 aromatic heterocycles.